The Bertz CT molecular complexity index is 497. The van der Waals surface area contributed by atoms with Crippen molar-refractivity contribution >= 4 is 0 Å². The van der Waals surface area contributed by atoms with Gasteiger partial charge in [0.2, 0.25) is 5.88 Å². The van der Waals surface area contributed by atoms with Crippen molar-refractivity contribution in [3.8, 4) is 5.88 Å². The van der Waals surface area contributed by atoms with Crippen LogP contribution in [0.4, 0.5) is 0 Å². The molecule has 0 amide bonds. The topological polar surface area (TPSA) is 48.1 Å². The van der Waals surface area contributed by atoms with Gasteiger partial charge in [0, 0.05) is 18.8 Å². The van der Waals surface area contributed by atoms with Gasteiger partial charge in [-0.1, -0.05) is 24.3 Å². The highest BCUT2D eigenvalue weighted by Crippen LogP contribution is 2.13. The zero-order chi connectivity index (χ0) is 12.1. The van der Waals surface area contributed by atoms with E-state index < -0.39 is 0 Å². The van der Waals surface area contributed by atoms with Crippen LogP contribution < -0.4 is 10.5 Å². The molecular formula is C14H16N2O. The highest BCUT2D eigenvalue weighted by molar-refractivity contribution is 5.26. The Morgan fingerprint density at radius 2 is 2.06 bits per heavy atom. The smallest absolute Gasteiger partial charge is 0.213 e. The molecule has 88 valence electrons. The third-order valence-electron chi connectivity index (χ3n) is 2.67. The van der Waals surface area contributed by atoms with Crippen molar-refractivity contribution in [1.29, 1.82) is 0 Å². The van der Waals surface area contributed by atoms with E-state index in [-0.39, 0.29) is 0 Å². The molecule has 2 N–H and O–H groups in total. The minimum Gasteiger partial charge on any atom is -0.473 e. The first kappa shape index (κ1) is 11.6. The molecule has 3 heteroatoms. The van der Waals surface area contributed by atoms with Crippen LogP contribution in [0.3, 0.4) is 0 Å². The van der Waals surface area contributed by atoms with Gasteiger partial charge in [-0.25, -0.2) is 4.98 Å². The summed E-state index contributed by atoms with van der Waals surface area (Å²) < 4.78 is 5.65. The second kappa shape index (κ2) is 5.46. The number of benzene rings is 1. The second-order valence-corrected chi connectivity index (χ2v) is 3.92. The van der Waals surface area contributed by atoms with E-state index in [1.165, 1.54) is 11.1 Å². The zero-order valence-electron chi connectivity index (χ0n) is 9.89. The molecule has 17 heavy (non-hydrogen) atoms. The van der Waals surface area contributed by atoms with E-state index in [2.05, 4.69) is 24.0 Å². The first-order valence-corrected chi connectivity index (χ1v) is 5.62. The SMILES string of the molecule is Cc1ccccc1COc1cc(CN)ccn1. The van der Waals surface area contributed by atoms with E-state index >= 15 is 0 Å². The van der Waals surface area contributed by atoms with Gasteiger partial charge in [-0.15, -0.1) is 0 Å². The third kappa shape index (κ3) is 3.04. The molecule has 0 fully saturated rings. The van der Waals surface area contributed by atoms with E-state index in [1.54, 1.807) is 6.20 Å². The molecule has 3 nitrogen and oxygen atoms in total. The largest absolute Gasteiger partial charge is 0.473 e. The van der Waals surface area contributed by atoms with E-state index in [9.17, 15) is 0 Å². The molecule has 0 saturated heterocycles. The lowest BCUT2D eigenvalue weighted by Crippen LogP contribution is -2.01. The standard InChI is InChI=1S/C14H16N2O/c1-11-4-2-3-5-13(11)10-17-14-8-12(9-15)6-7-16-14/h2-8H,9-10,15H2,1H3. The van der Waals surface area contributed by atoms with Crippen LogP contribution in [0.2, 0.25) is 0 Å². The average Bonchev–Trinajstić information content (AvgIpc) is 2.38. The minimum atomic E-state index is 0.503. The maximum absolute atomic E-state index is 5.65. The summed E-state index contributed by atoms with van der Waals surface area (Å²) in [6.45, 7) is 3.11. The van der Waals surface area contributed by atoms with Gasteiger partial charge in [0.15, 0.2) is 0 Å². The summed E-state index contributed by atoms with van der Waals surface area (Å²) in [5.41, 5.74) is 8.99. The summed E-state index contributed by atoms with van der Waals surface area (Å²) in [6, 6.07) is 11.9. The van der Waals surface area contributed by atoms with E-state index in [4.69, 9.17) is 10.5 Å². The van der Waals surface area contributed by atoms with Crippen molar-refractivity contribution in [3.63, 3.8) is 0 Å². The Balaban J connectivity index is 2.05. The van der Waals surface area contributed by atoms with Gasteiger partial charge in [0.1, 0.15) is 6.61 Å². The molecule has 0 unspecified atom stereocenters. The van der Waals surface area contributed by atoms with Crippen LogP contribution in [-0.4, -0.2) is 4.98 Å². The highest BCUT2D eigenvalue weighted by Gasteiger charge is 2.00. The lowest BCUT2D eigenvalue weighted by atomic mass is 10.1. The molecule has 2 aromatic rings. The molecule has 0 aliphatic heterocycles. The highest BCUT2D eigenvalue weighted by atomic mass is 16.5. The average molecular weight is 228 g/mol. The Morgan fingerprint density at radius 3 is 2.82 bits per heavy atom. The van der Waals surface area contributed by atoms with Gasteiger partial charge in [-0.2, -0.15) is 0 Å². The number of rotatable bonds is 4. The van der Waals surface area contributed by atoms with Crippen LogP contribution in [0.25, 0.3) is 0 Å². The number of nitrogens with zero attached hydrogens (tertiary/aromatic N) is 1. The Kier molecular flexibility index (Phi) is 3.73. The normalized spacial score (nSPS) is 10.2. The lowest BCUT2D eigenvalue weighted by molar-refractivity contribution is 0.293. The Morgan fingerprint density at radius 1 is 1.24 bits per heavy atom. The fourth-order valence-electron chi connectivity index (χ4n) is 1.58. The van der Waals surface area contributed by atoms with Gasteiger partial charge in [0.05, 0.1) is 0 Å². The van der Waals surface area contributed by atoms with Crippen molar-refractivity contribution < 1.29 is 4.74 Å². The molecule has 0 saturated carbocycles. The monoisotopic (exact) mass is 228 g/mol. The van der Waals surface area contributed by atoms with Crippen molar-refractivity contribution in [2.24, 2.45) is 5.73 Å². The molecule has 0 spiro atoms. The molecule has 0 aliphatic carbocycles. The summed E-state index contributed by atoms with van der Waals surface area (Å²) in [5.74, 6) is 0.621. The second-order valence-electron chi connectivity index (χ2n) is 3.92. The van der Waals surface area contributed by atoms with E-state index in [1.807, 2.05) is 24.3 Å². The summed E-state index contributed by atoms with van der Waals surface area (Å²) in [5, 5.41) is 0. The number of ether oxygens (including phenoxy) is 1. The van der Waals surface area contributed by atoms with Crippen molar-refractivity contribution in [2.75, 3.05) is 0 Å². The van der Waals surface area contributed by atoms with Crippen molar-refractivity contribution in [2.45, 2.75) is 20.1 Å². The number of hydrogen-bond acceptors (Lipinski definition) is 3. The van der Waals surface area contributed by atoms with Crippen LogP contribution in [-0.2, 0) is 13.2 Å². The van der Waals surface area contributed by atoms with Gasteiger partial charge < -0.3 is 10.5 Å². The molecule has 1 aromatic carbocycles. The van der Waals surface area contributed by atoms with Crippen LogP contribution in [0.5, 0.6) is 5.88 Å². The zero-order valence-corrected chi connectivity index (χ0v) is 9.89. The summed E-state index contributed by atoms with van der Waals surface area (Å²) in [7, 11) is 0. The number of aromatic nitrogens is 1. The predicted octanol–water partition coefficient (Wildman–Crippen LogP) is 2.43. The molecule has 0 bridgehead atoms. The maximum Gasteiger partial charge on any atom is 0.213 e. The lowest BCUT2D eigenvalue weighted by Gasteiger charge is -2.08. The number of nitrogens with two attached hydrogens (primary N) is 1. The molecule has 0 atom stereocenters. The maximum atomic E-state index is 5.65. The quantitative estimate of drug-likeness (QED) is 0.874. The first-order valence-electron chi connectivity index (χ1n) is 5.62. The fourth-order valence-corrected chi connectivity index (χ4v) is 1.58. The molecule has 1 heterocycles. The molecule has 0 radical (unpaired) electrons. The molecule has 1 aromatic heterocycles. The van der Waals surface area contributed by atoms with E-state index in [0.717, 1.165) is 5.56 Å². The third-order valence-corrected chi connectivity index (χ3v) is 2.67. The van der Waals surface area contributed by atoms with Gasteiger partial charge in [-0.05, 0) is 29.7 Å². The number of aryl methyl sites for hydroxylation is 1. The van der Waals surface area contributed by atoms with Crippen LogP contribution in [0.15, 0.2) is 42.6 Å². The van der Waals surface area contributed by atoms with Crippen molar-refractivity contribution in [3.05, 3.63) is 59.3 Å². The first-order chi connectivity index (χ1) is 8.29. The predicted molar refractivity (Wildman–Crippen MR) is 67.6 cm³/mol. The number of pyridine rings is 1. The van der Waals surface area contributed by atoms with Crippen molar-refractivity contribution in [1.82, 2.24) is 4.98 Å². The molecular weight excluding hydrogens is 212 g/mol. The minimum absolute atomic E-state index is 0.503. The Hall–Kier alpha value is -1.87. The van der Waals surface area contributed by atoms with Crippen LogP contribution >= 0.6 is 0 Å². The van der Waals surface area contributed by atoms with Gasteiger partial charge in [-0.3, -0.25) is 0 Å². The van der Waals surface area contributed by atoms with Gasteiger partial charge >= 0.3 is 0 Å². The van der Waals surface area contributed by atoms with E-state index in [0.29, 0.717) is 19.0 Å². The summed E-state index contributed by atoms with van der Waals surface area (Å²) in [6.07, 6.45) is 1.72. The van der Waals surface area contributed by atoms with Crippen LogP contribution in [0.1, 0.15) is 16.7 Å². The Labute approximate surface area is 101 Å². The summed E-state index contributed by atoms with van der Waals surface area (Å²) >= 11 is 0. The van der Waals surface area contributed by atoms with Crippen LogP contribution in [0, 0.1) is 6.92 Å². The fraction of sp³-hybridized carbons (Fsp3) is 0.214. The number of hydrogen-bond donors (Lipinski definition) is 1. The van der Waals surface area contributed by atoms with Gasteiger partial charge in [0.25, 0.3) is 0 Å². The summed E-state index contributed by atoms with van der Waals surface area (Å²) in [4.78, 5) is 4.15. The molecule has 0 aliphatic rings. The molecule has 2 rings (SSSR count).